The Morgan fingerprint density at radius 2 is 1.88 bits per heavy atom. The first-order chi connectivity index (χ1) is 8.15. The van der Waals surface area contributed by atoms with Crippen LogP contribution in [0.4, 0.5) is 0 Å². The van der Waals surface area contributed by atoms with Gasteiger partial charge in [0.1, 0.15) is 0 Å². The smallest absolute Gasteiger partial charge is 0.226 e. The molecule has 0 bridgehead atoms. The number of nitrogens with zero attached hydrogens (tertiary/aromatic N) is 1. The quantitative estimate of drug-likeness (QED) is 0.603. The highest BCUT2D eigenvalue weighted by Gasteiger charge is 2.31. The van der Waals surface area contributed by atoms with Crippen molar-refractivity contribution < 1.29 is 19.4 Å². The van der Waals surface area contributed by atoms with E-state index in [0.717, 1.165) is 13.1 Å². The number of piperidine rings is 1. The van der Waals surface area contributed by atoms with Crippen LogP contribution in [0, 0.1) is 5.92 Å². The minimum absolute atomic E-state index is 0.233. The van der Waals surface area contributed by atoms with E-state index >= 15 is 0 Å². The molecule has 2 N–H and O–H groups in total. The molecule has 1 unspecified atom stereocenters. The molecule has 0 saturated carbocycles. The van der Waals surface area contributed by atoms with Gasteiger partial charge in [0, 0.05) is 38.4 Å². The van der Waals surface area contributed by atoms with E-state index in [1.165, 1.54) is 0 Å². The Hall–Kier alpha value is -0.980. The Balaban J connectivity index is 1.83. The van der Waals surface area contributed by atoms with Gasteiger partial charge in [-0.15, -0.1) is 0 Å². The van der Waals surface area contributed by atoms with Gasteiger partial charge < -0.3 is 9.84 Å². The Morgan fingerprint density at radius 3 is 2.47 bits per heavy atom. The molecule has 0 aromatic rings. The van der Waals surface area contributed by atoms with Gasteiger partial charge in [-0.3, -0.25) is 19.8 Å². The van der Waals surface area contributed by atoms with Crippen LogP contribution in [0.3, 0.4) is 0 Å². The molecule has 6 nitrogen and oxygen atoms in total. The zero-order valence-corrected chi connectivity index (χ0v) is 9.72. The second-order valence-corrected chi connectivity index (χ2v) is 4.62. The van der Waals surface area contributed by atoms with Crippen LogP contribution in [0.1, 0.15) is 12.8 Å². The van der Waals surface area contributed by atoms with E-state index in [-0.39, 0.29) is 30.6 Å². The first-order valence-corrected chi connectivity index (χ1v) is 5.96. The van der Waals surface area contributed by atoms with Gasteiger partial charge in [0.05, 0.1) is 19.3 Å². The van der Waals surface area contributed by atoms with Gasteiger partial charge in [-0.25, -0.2) is 0 Å². The molecule has 0 aliphatic carbocycles. The third kappa shape index (κ3) is 3.49. The monoisotopic (exact) mass is 242 g/mol. The van der Waals surface area contributed by atoms with Gasteiger partial charge in [-0.1, -0.05) is 0 Å². The van der Waals surface area contributed by atoms with Gasteiger partial charge in [0.2, 0.25) is 11.8 Å². The topological polar surface area (TPSA) is 78.9 Å². The molecule has 0 spiro atoms. The summed E-state index contributed by atoms with van der Waals surface area (Å²) in [5.74, 6) is -0.821. The Kier molecular flexibility index (Phi) is 4.09. The highest BCUT2D eigenvalue weighted by Crippen LogP contribution is 2.19. The number of aliphatic hydroxyl groups is 1. The Labute approximate surface area is 99.9 Å². The number of morpholine rings is 1. The number of β-amino-alcohol motifs (C(OH)–C–C–N with tert-alkyl or cyclic N) is 1. The van der Waals surface area contributed by atoms with Crippen LogP contribution >= 0.6 is 0 Å². The summed E-state index contributed by atoms with van der Waals surface area (Å²) in [6, 6.07) is 0. The van der Waals surface area contributed by atoms with E-state index in [2.05, 4.69) is 10.2 Å². The first-order valence-electron chi connectivity index (χ1n) is 5.96. The Morgan fingerprint density at radius 1 is 1.29 bits per heavy atom. The molecule has 2 aliphatic rings. The van der Waals surface area contributed by atoms with Crippen LogP contribution in [0.15, 0.2) is 0 Å². The van der Waals surface area contributed by atoms with Crippen LogP contribution in [-0.4, -0.2) is 60.8 Å². The molecule has 1 atom stereocenters. The number of imide groups is 1. The number of carbonyl (C=O) groups excluding carboxylic acids is 2. The summed E-state index contributed by atoms with van der Waals surface area (Å²) < 4.78 is 5.22. The lowest BCUT2D eigenvalue weighted by atomic mass is 9.91. The summed E-state index contributed by atoms with van der Waals surface area (Å²) in [6.45, 7) is 3.45. The summed E-state index contributed by atoms with van der Waals surface area (Å²) in [5.41, 5.74) is 0. The van der Waals surface area contributed by atoms with Crippen LogP contribution in [-0.2, 0) is 14.3 Å². The van der Waals surface area contributed by atoms with Crippen molar-refractivity contribution >= 4 is 11.8 Å². The van der Waals surface area contributed by atoms with Gasteiger partial charge in [0.25, 0.3) is 0 Å². The largest absolute Gasteiger partial charge is 0.391 e. The highest BCUT2D eigenvalue weighted by molar-refractivity contribution is 5.97. The predicted molar refractivity (Wildman–Crippen MR) is 59.1 cm³/mol. The fraction of sp³-hybridized carbons (Fsp3) is 0.818. The van der Waals surface area contributed by atoms with Crippen LogP contribution in [0.25, 0.3) is 0 Å². The third-order valence-electron chi connectivity index (χ3n) is 3.27. The molecular weight excluding hydrogens is 224 g/mol. The van der Waals surface area contributed by atoms with Crippen molar-refractivity contribution in [3.8, 4) is 0 Å². The van der Waals surface area contributed by atoms with Crippen molar-refractivity contribution in [2.75, 3.05) is 32.8 Å². The fourth-order valence-corrected chi connectivity index (χ4v) is 2.28. The van der Waals surface area contributed by atoms with E-state index < -0.39 is 6.10 Å². The molecule has 2 heterocycles. The number of aliphatic hydroxyl groups excluding tert-OH is 1. The molecule has 6 heteroatoms. The summed E-state index contributed by atoms with van der Waals surface area (Å²) in [6.07, 6.45) is -0.155. The van der Waals surface area contributed by atoms with E-state index in [4.69, 9.17) is 4.74 Å². The maximum absolute atomic E-state index is 11.2. The maximum atomic E-state index is 11.2. The average molecular weight is 242 g/mol. The maximum Gasteiger partial charge on any atom is 0.226 e. The lowest BCUT2D eigenvalue weighted by Crippen LogP contribution is -2.47. The van der Waals surface area contributed by atoms with Crippen molar-refractivity contribution in [1.29, 1.82) is 0 Å². The summed E-state index contributed by atoms with van der Waals surface area (Å²) >= 11 is 0. The molecule has 17 heavy (non-hydrogen) atoms. The van der Waals surface area contributed by atoms with E-state index in [9.17, 15) is 14.7 Å². The predicted octanol–water partition coefficient (Wildman–Crippen LogP) is -1.27. The van der Waals surface area contributed by atoms with Crippen molar-refractivity contribution in [2.24, 2.45) is 5.92 Å². The summed E-state index contributed by atoms with van der Waals surface area (Å²) in [7, 11) is 0. The number of nitrogens with one attached hydrogen (secondary N) is 1. The van der Waals surface area contributed by atoms with Crippen molar-refractivity contribution in [3.05, 3.63) is 0 Å². The van der Waals surface area contributed by atoms with Crippen molar-refractivity contribution in [1.82, 2.24) is 10.2 Å². The number of hydrogen-bond donors (Lipinski definition) is 2. The molecule has 2 rings (SSSR count). The van der Waals surface area contributed by atoms with Crippen molar-refractivity contribution in [2.45, 2.75) is 18.9 Å². The lowest BCUT2D eigenvalue weighted by Gasteiger charge is -2.32. The molecule has 2 amide bonds. The van der Waals surface area contributed by atoms with E-state index in [1.54, 1.807) is 0 Å². The van der Waals surface area contributed by atoms with Crippen LogP contribution in [0.5, 0.6) is 0 Å². The van der Waals surface area contributed by atoms with Gasteiger partial charge in [0.15, 0.2) is 0 Å². The standard InChI is InChI=1S/C11H18N2O4/c14-9(7-13-1-3-17-4-2-13)8-5-10(15)12-11(16)6-8/h8-9,14H,1-7H2,(H,12,15,16). The first kappa shape index (κ1) is 12.5. The van der Waals surface area contributed by atoms with Crippen LogP contribution < -0.4 is 5.32 Å². The van der Waals surface area contributed by atoms with Gasteiger partial charge in [-0.2, -0.15) is 0 Å². The SMILES string of the molecule is O=C1CC(C(O)CN2CCOCC2)CC(=O)N1. The molecule has 96 valence electrons. The molecule has 0 aromatic heterocycles. The van der Waals surface area contributed by atoms with Crippen LogP contribution in [0.2, 0.25) is 0 Å². The summed E-state index contributed by atoms with van der Waals surface area (Å²) in [5, 5.41) is 12.3. The Bertz CT molecular complexity index is 286. The van der Waals surface area contributed by atoms with E-state index in [0.29, 0.717) is 19.8 Å². The zero-order chi connectivity index (χ0) is 12.3. The minimum Gasteiger partial charge on any atom is -0.391 e. The third-order valence-corrected chi connectivity index (χ3v) is 3.27. The van der Waals surface area contributed by atoms with Gasteiger partial charge >= 0.3 is 0 Å². The van der Waals surface area contributed by atoms with Gasteiger partial charge in [-0.05, 0) is 0 Å². The fourth-order valence-electron chi connectivity index (χ4n) is 2.28. The number of ether oxygens (including phenoxy) is 1. The average Bonchev–Trinajstić information content (AvgIpc) is 2.29. The molecule has 0 radical (unpaired) electrons. The van der Waals surface area contributed by atoms with E-state index in [1.807, 2.05) is 0 Å². The summed E-state index contributed by atoms with van der Waals surface area (Å²) in [4.78, 5) is 24.5. The molecular formula is C11H18N2O4. The minimum atomic E-state index is -0.622. The molecule has 2 saturated heterocycles. The zero-order valence-electron chi connectivity index (χ0n) is 9.72. The number of amides is 2. The van der Waals surface area contributed by atoms with Crippen molar-refractivity contribution in [3.63, 3.8) is 0 Å². The number of hydrogen-bond acceptors (Lipinski definition) is 5. The number of rotatable bonds is 3. The second-order valence-electron chi connectivity index (χ2n) is 4.62. The second kappa shape index (κ2) is 5.57. The number of carbonyl (C=O) groups is 2. The normalized spacial score (nSPS) is 25.7. The molecule has 0 aromatic carbocycles. The molecule has 2 fully saturated rings. The highest BCUT2D eigenvalue weighted by atomic mass is 16.5. The molecule has 2 aliphatic heterocycles. The lowest BCUT2D eigenvalue weighted by molar-refractivity contribution is -0.137.